The van der Waals surface area contributed by atoms with Crippen molar-refractivity contribution in [3.8, 4) is 11.1 Å². The van der Waals surface area contributed by atoms with Crippen LogP contribution in [0, 0.1) is 0 Å². The van der Waals surface area contributed by atoms with Gasteiger partial charge in [-0.2, -0.15) is 0 Å². The predicted molar refractivity (Wildman–Crippen MR) is 150 cm³/mol. The molecule has 176 valence electrons. The van der Waals surface area contributed by atoms with Crippen molar-refractivity contribution >= 4 is 35.4 Å². The Bertz CT molecular complexity index is 1270. The van der Waals surface area contributed by atoms with E-state index >= 15 is 0 Å². The Morgan fingerprint density at radius 3 is 1.94 bits per heavy atom. The third kappa shape index (κ3) is 5.45. The van der Waals surface area contributed by atoms with E-state index in [2.05, 4.69) is 111 Å². The van der Waals surface area contributed by atoms with Gasteiger partial charge in [-0.05, 0) is 71.1 Å². The van der Waals surface area contributed by atoms with E-state index in [1.807, 2.05) is 12.1 Å². The number of esters is 1. The molecule has 0 amide bonds. The van der Waals surface area contributed by atoms with Crippen LogP contribution in [0.3, 0.4) is 0 Å². The molecule has 0 aliphatic rings. The van der Waals surface area contributed by atoms with Crippen molar-refractivity contribution in [2.45, 2.75) is 26.7 Å². The summed E-state index contributed by atoms with van der Waals surface area (Å²) >= 11 is 0. The topological polar surface area (TPSA) is 26.3 Å². The Kier molecular flexibility index (Phi) is 8.29. The van der Waals surface area contributed by atoms with Crippen LogP contribution in [-0.4, -0.2) is 13.1 Å². The predicted octanol–water partition coefficient (Wildman–Crippen LogP) is 7.10. The number of hydrogen-bond donors (Lipinski definition) is 0. The summed E-state index contributed by atoms with van der Waals surface area (Å²) in [5.74, 6) is -0.311. The molecular weight excluding hydrogens is 447 g/mol. The van der Waals surface area contributed by atoms with Crippen LogP contribution < -0.4 is 15.9 Å². The van der Waals surface area contributed by atoms with Crippen LogP contribution in [0.2, 0.25) is 0 Å². The van der Waals surface area contributed by atoms with E-state index in [1.165, 1.54) is 34.2 Å². The van der Waals surface area contributed by atoms with Gasteiger partial charge in [-0.1, -0.05) is 111 Å². The highest BCUT2D eigenvalue weighted by atomic mass is 31.1. The summed E-state index contributed by atoms with van der Waals surface area (Å²) in [6, 6.07) is 36.2. The van der Waals surface area contributed by atoms with Crippen molar-refractivity contribution in [1.29, 1.82) is 0 Å². The minimum Gasteiger partial charge on any atom is -0.465 e. The molecule has 0 aliphatic carbocycles. The van der Waals surface area contributed by atoms with Crippen LogP contribution in [0.15, 0.2) is 109 Å². The van der Waals surface area contributed by atoms with Crippen LogP contribution in [0.25, 0.3) is 16.7 Å². The Morgan fingerprint density at radius 2 is 1.37 bits per heavy atom. The van der Waals surface area contributed by atoms with Gasteiger partial charge in [0.05, 0.1) is 12.7 Å². The normalized spacial score (nSPS) is 11.5. The van der Waals surface area contributed by atoms with Gasteiger partial charge in [-0.3, -0.25) is 0 Å². The third-order valence-electron chi connectivity index (χ3n) is 6.08. The second-order valence-corrected chi connectivity index (χ2v) is 10.5. The fourth-order valence-electron chi connectivity index (χ4n) is 4.46. The first-order valence-corrected chi connectivity index (χ1v) is 13.4. The zero-order valence-corrected chi connectivity index (χ0v) is 21.5. The van der Waals surface area contributed by atoms with Crippen molar-refractivity contribution < 1.29 is 9.53 Å². The van der Waals surface area contributed by atoms with E-state index in [0.717, 1.165) is 24.0 Å². The number of methoxy groups -OCH3 is 1. The van der Waals surface area contributed by atoms with E-state index in [0.29, 0.717) is 5.56 Å². The molecule has 0 heterocycles. The number of hydrogen-bond acceptors (Lipinski definition) is 2. The number of ether oxygens (including phenoxy) is 1. The molecule has 0 aliphatic heterocycles. The van der Waals surface area contributed by atoms with Gasteiger partial charge in [0.15, 0.2) is 0 Å². The number of allylic oxidation sites excluding steroid dienone is 2. The average Bonchev–Trinajstić information content (AvgIpc) is 2.92. The summed E-state index contributed by atoms with van der Waals surface area (Å²) in [5.41, 5.74) is 5.27. The fourth-order valence-corrected chi connectivity index (χ4v) is 6.92. The zero-order valence-electron chi connectivity index (χ0n) is 20.6. The SMILES string of the molecule is CC/C=C(\CC)c1cc(C(=O)OC)ccc1-c1ccccc1P(c1ccccc1)c1ccccc1. The smallest absolute Gasteiger partial charge is 0.337 e. The molecular formula is C32H31O2P. The molecule has 4 rings (SSSR count). The van der Waals surface area contributed by atoms with Gasteiger partial charge in [0.1, 0.15) is 0 Å². The van der Waals surface area contributed by atoms with Crippen LogP contribution in [0.1, 0.15) is 42.6 Å². The number of rotatable bonds is 8. The minimum absolute atomic E-state index is 0.311. The van der Waals surface area contributed by atoms with E-state index in [9.17, 15) is 4.79 Å². The number of carbonyl (C=O) groups is 1. The molecule has 35 heavy (non-hydrogen) atoms. The molecule has 0 spiro atoms. The van der Waals surface area contributed by atoms with Crippen LogP contribution in [-0.2, 0) is 4.74 Å². The molecule has 0 unspecified atom stereocenters. The molecule has 4 aromatic rings. The maximum absolute atomic E-state index is 12.4. The lowest BCUT2D eigenvalue weighted by atomic mass is 9.91. The largest absolute Gasteiger partial charge is 0.465 e. The summed E-state index contributed by atoms with van der Waals surface area (Å²) < 4.78 is 5.03. The van der Waals surface area contributed by atoms with Gasteiger partial charge in [-0.25, -0.2) is 4.79 Å². The molecule has 0 fully saturated rings. The number of benzene rings is 4. The molecule has 0 bridgehead atoms. The minimum atomic E-state index is -0.768. The Labute approximate surface area is 210 Å². The summed E-state index contributed by atoms with van der Waals surface area (Å²) in [4.78, 5) is 12.4. The number of carbonyl (C=O) groups excluding carboxylic acids is 1. The van der Waals surface area contributed by atoms with Crippen molar-refractivity contribution in [2.24, 2.45) is 0 Å². The van der Waals surface area contributed by atoms with Gasteiger partial charge >= 0.3 is 5.97 Å². The van der Waals surface area contributed by atoms with E-state index in [1.54, 1.807) is 0 Å². The maximum Gasteiger partial charge on any atom is 0.337 e. The Balaban J connectivity index is 1.98. The Hall–Kier alpha value is -3.48. The summed E-state index contributed by atoms with van der Waals surface area (Å²) in [7, 11) is 0.663. The van der Waals surface area contributed by atoms with Gasteiger partial charge in [0, 0.05) is 0 Å². The molecule has 0 N–H and O–H groups in total. The zero-order chi connectivity index (χ0) is 24.6. The second-order valence-electron chi connectivity index (χ2n) is 8.27. The van der Waals surface area contributed by atoms with Crippen LogP contribution in [0.5, 0.6) is 0 Å². The molecule has 2 nitrogen and oxygen atoms in total. The Morgan fingerprint density at radius 1 is 0.771 bits per heavy atom. The molecule has 0 atom stereocenters. The molecule has 3 heteroatoms. The average molecular weight is 479 g/mol. The van der Waals surface area contributed by atoms with Crippen molar-refractivity contribution in [3.63, 3.8) is 0 Å². The molecule has 0 radical (unpaired) electrons. The molecule has 0 saturated heterocycles. The first kappa shape index (κ1) is 24.6. The van der Waals surface area contributed by atoms with E-state index in [4.69, 9.17) is 4.74 Å². The van der Waals surface area contributed by atoms with Crippen LogP contribution >= 0.6 is 7.92 Å². The van der Waals surface area contributed by atoms with Gasteiger partial charge < -0.3 is 4.74 Å². The standard InChI is InChI=1S/C32H31O2P/c1-4-14-24(5-2)30-23-25(32(33)34-3)21-22-28(30)29-19-12-13-20-31(29)35(26-15-8-6-9-16-26)27-17-10-7-11-18-27/h6-23H,4-5H2,1-3H3/b24-14+. The summed E-state index contributed by atoms with van der Waals surface area (Å²) in [5, 5.41) is 3.93. The first-order chi connectivity index (χ1) is 17.2. The van der Waals surface area contributed by atoms with Gasteiger partial charge in [0.25, 0.3) is 0 Å². The van der Waals surface area contributed by atoms with Crippen molar-refractivity contribution in [3.05, 3.63) is 120 Å². The fraction of sp³-hybridized carbons (Fsp3) is 0.156. The van der Waals surface area contributed by atoms with E-state index < -0.39 is 7.92 Å². The molecule has 0 aromatic heterocycles. The van der Waals surface area contributed by atoms with E-state index in [-0.39, 0.29) is 5.97 Å². The van der Waals surface area contributed by atoms with Gasteiger partial charge in [0.2, 0.25) is 0 Å². The molecule has 4 aromatic carbocycles. The highest BCUT2D eigenvalue weighted by Crippen LogP contribution is 2.39. The lowest BCUT2D eigenvalue weighted by Crippen LogP contribution is -2.22. The highest BCUT2D eigenvalue weighted by molar-refractivity contribution is 7.80. The van der Waals surface area contributed by atoms with Crippen LogP contribution in [0.4, 0.5) is 0 Å². The quantitative estimate of drug-likeness (QED) is 0.199. The van der Waals surface area contributed by atoms with Gasteiger partial charge in [-0.15, -0.1) is 0 Å². The summed E-state index contributed by atoms with van der Waals surface area (Å²) in [6.07, 6.45) is 4.09. The lowest BCUT2D eigenvalue weighted by molar-refractivity contribution is 0.0600. The second kappa shape index (κ2) is 11.8. The maximum atomic E-state index is 12.4. The molecule has 0 saturated carbocycles. The third-order valence-corrected chi connectivity index (χ3v) is 8.58. The monoisotopic (exact) mass is 478 g/mol. The lowest BCUT2D eigenvalue weighted by Gasteiger charge is -2.24. The first-order valence-electron chi connectivity index (χ1n) is 12.1. The van der Waals surface area contributed by atoms with Crippen molar-refractivity contribution in [1.82, 2.24) is 0 Å². The highest BCUT2D eigenvalue weighted by Gasteiger charge is 2.22. The van der Waals surface area contributed by atoms with Crippen molar-refractivity contribution in [2.75, 3.05) is 7.11 Å². The summed E-state index contributed by atoms with van der Waals surface area (Å²) in [6.45, 7) is 4.32.